The number of ether oxygens (including phenoxy) is 1. The van der Waals surface area contributed by atoms with Crippen LogP contribution in [0.1, 0.15) is 53.0 Å². The van der Waals surface area contributed by atoms with Crippen molar-refractivity contribution in [2.24, 2.45) is 7.05 Å². The molecule has 1 saturated carbocycles. The van der Waals surface area contributed by atoms with Crippen molar-refractivity contribution in [3.63, 3.8) is 0 Å². The lowest BCUT2D eigenvalue weighted by Gasteiger charge is -2.10. The van der Waals surface area contributed by atoms with Gasteiger partial charge >= 0.3 is 0 Å². The third kappa shape index (κ3) is 3.62. The first-order chi connectivity index (χ1) is 15.6. The fraction of sp³-hybridized carbons (Fsp3) is 0.333. The van der Waals surface area contributed by atoms with Crippen LogP contribution in [-0.2, 0) is 13.5 Å². The van der Waals surface area contributed by atoms with Crippen molar-refractivity contribution in [1.29, 1.82) is 0 Å². The molecule has 0 aliphatic heterocycles. The van der Waals surface area contributed by atoms with E-state index in [2.05, 4.69) is 32.7 Å². The van der Waals surface area contributed by atoms with Crippen LogP contribution < -0.4 is 10.1 Å². The third-order valence-electron chi connectivity index (χ3n) is 5.99. The lowest BCUT2D eigenvalue weighted by molar-refractivity contribution is 0.0955. The molecule has 8 heteroatoms. The Balaban J connectivity index is 1.48. The molecule has 164 valence electrons. The Morgan fingerprint density at radius 1 is 1.28 bits per heavy atom. The first kappa shape index (κ1) is 20.2. The number of fused-ring (bicyclic) bond motifs is 1. The maximum absolute atomic E-state index is 12.2. The van der Waals surface area contributed by atoms with Gasteiger partial charge in [-0.3, -0.25) is 14.6 Å². The molecule has 1 aliphatic carbocycles. The smallest absolute Gasteiger partial charge is 0.251 e. The summed E-state index contributed by atoms with van der Waals surface area (Å²) >= 11 is 0. The van der Waals surface area contributed by atoms with E-state index in [1.54, 1.807) is 19.2 Å². The topological polar surface area (TPSA) is 97.7 Å². The molecule has 2 N–H and O–H groups in total. The number of hydrogen-bond acceptors (Lipinski definition) is 5. The molecule has 32 heavy (non-hydrogen) atoms. The Hall–Kier alpha value is -3.68. The van der Waals surface area contributed by atoms with Gasteiger partial charge in [-0.05, 0) is 61.1 Å². The fourth-order valence-corrected chi connectivity index (χ4v) is 4.23. The van der Waals surface area contributed by atoms with Gasteiger partial charge in [-0.25, -0.2) is 4.98 Å². The average molecular weight is 431 g/mol. The minimum Gasteiger partial charge on any atom is -0.496 e. The third-order valence-corrected chi connectivity index (χ3v) is 5.99. The Kier molecular flexibility index (Phi) is 5.13. The van der Waals surface area contributed by atoms with Gasteiger partial charge in [0.25, 0.3) is 5.91 Å². The number of amides is 1. The number of benzene rings is 2. The lowest BCUT2D eigenvalue weighted by Crippen LogP contribution is -2.22. The van der Waals surface area contributed by atoms with Crippen molar-refractivity contribution >= 4 is 16.8 Å². The van der Waals surface area contributed by atoms with Crippen molar-refractivity contribution in [1.82, 2.24) is 30.3 Å². The van der Waals surface area contributed by atoms with E-state index in [1.807, 2.05) is 30.9 Å². The summed E-state index contributed by atoms with van der Waals surface area (Å²) in [4.78, 5) is 17.0. The average Bonchev–Trinajstić information content (AvgIpc) is 3.41. The summed E-state index contributed by atoms with van der Waals surface area (Å²) in [5.74, 6) is 2.50. The maximum Gasteiger partial charge on any atom is 0.251 e. The van der Waals surface area contributed by atoms with Crippen LogP contribution in [0.3, 0.4) is 0 Å². The summed E-state index contributed by atoms with van der Waals surface area (Å²) in [5, 5.41) is 16.0. The Labute approximate surface area is 186 Å². The van der Waals surface area contributed by atoms with Crippen LogP contribution >= 0.6 is 0 Å². The summed E-state index contributed by atoms with van der Waals surface area (Å²) in [6.45, 7) is 2.46. The van der Waals surface area contributed by atoms with Gasteiger partial charge in [-0.1, -0.05) is 6.07 Å². The molecule has 0 spiro atoms. The fourth-order valence-electron chi connectivity index (χ4n) is 4.23. The minimum absolute atomic E-state index is 0.130. The van der Waals surface area contributed by atoms with Gasteiger partial charge in [0.05, 0.1) is 24.4 Å². The van der Waals surface area contributed by atoms with Crippen molar-refractivity contribution in [3.8, 4) is 17.1 Å². The second-order valence-electron chi connectivity index (χ2n) is 8.17. The number of aromatic nitrogens is 5. The van der Waals surface area contributed by atoms with Gasteiger partial charge in [0.15, 0.2) is 5.82 Å². The minimum atomic E-state index is -0.130. The number of aryl methyl sites for hydroxylation is 1. The van der Waals surface area contributed by atoms with Crippen molar-refractivity contribution in [2.75, 3.05) is 13.7 Å². The molecule has 2 heterocycles. The zero-order chi connectivity index (χ0) is 22.2. The summed E-state index contributed by atoms with van der Waals surface area (Å²) in [6, 6.07) is 9.61. The van der Waals surface area contributed by atoms with E-state index in [0.717, 1.165) is 16.9 Å². The highest BCUT2D eigenvalue weighted by Gasteiger charge is 2.29. The summed E-state index contributed by atoms with van der Waals surface area (Å²) in [7, 11) is 3.50. The predicted octanol–water partition coefficient (Wildman–Crippen LogP) is 3.58. The zero-order valence-corrected chi connectivity index (χ0v) is 18.5. The van der Waals surface area contributed by atoms with Crippen LogP contribution in [-0.4, -0.2) is 44.5 Å². The number of aromatic amines is 1. The Morgan fingerprint density at radius 3 is 2.88 bits per heavy atom. The van der Waals surface area contributed by atoms with Crippen LogP contribution in [0.4, 0.5) is 0 Å². The molecule has 2 aromatic heterocycles. The van der Waals surface area contributed by atoms with Gasteiger partial charge in [-0.15, -0.1) is 0 Å². The second-order valence-corrected chi connectivity index (χ2v) is 8.17. The molecule has 0 unspecified atom stereocenters. The molecule has 5 rings (SSSR count). The molecular formula is C24H26N6O2. The Morgan fingerprint density at radius 2 is 2.12 bits per heavy atom. The van der Waals surface area contributed by atoms with E-state index in [9.17, 15) is 4.79 Å². The number of rotatable bonds is 7. The number of nitrogens with one attached hydrogen (secondary N) is 2. The van der Waals surface area contributed by atoms with Crippen LogP contribution in [0.25, 0.3) is 22.3 Å². The second kappa shape index (κ2) is 8.11. The molecule has 1 amide bonds. The molecule has 8 nitrogen and oxygen atoms in total. The molecule has 1 fully saturated rings. The normalized spacial score (nSPS) is 13.5. The van der Waals surface area contributed by atoms with Crippen LogP contribution in [0.15, 0.2) is 36.5 Å². The quantitative estimate of drug-likeness (QED) is 0.467. The zero-order valence-electron chi connectivity index (χ0n) is 18.5. The number of carbonyl (C=O) groups is 1. The number of hydrogen-bond donors (Lipinski definition) is 2. The number of nitrogens with zero attached hydrogens (tertiary/aromatic N) is 4. The SMILES string of the molecule is CCNC(=O)c1ccc(-c2nc(Cc3ccc4[nH]ncc4c3C3CC3)n(C)n2)c(OC)c1. The molecule has 1 aliphatic rings. The highest BCUT2D eigenvalue weighted by atomic mass is 16.5. The molecule has 0 radical (unpaired) electrons. The lowest BCUT2D eigenvalue weighted by atomic mass is 9.96. The molecule has 0 atom stereocenters. The first-order valence-electron chi connectivity index (χ1n) is 10.9. The number of carbonyl (C=O) groups excluding carboxylic acids is 1. The van der Waals surface area contributed by atoms with Gasteiger partial charge in [0, 0.05) is 31.0 Å². The van der Waals surface area contributed by atoms with Gasteiger partial charge < -0.3 is 10.1 Å². The molecule has 0 saturated heterocycles. The van der Waals surface area contributed by atoms with Crippen molar-refractivity contribution in [2.45, 2.75) is 32.1 Å². The summed E-state index contributed by atoms with van der Waals surface area (Å²) in [6.07, 6.45) is 5.05. The Bertz CT molecular complexity index is 1300. The number of methoxy groups -OCH3 is 1. The van der Waals surface area contributed by atoms with Crippen molar-refractivity contribution in [3.05, 3.63) is 59.0 Å². The standard InChI is InChI=1S/C24H26N6O2/c1-4-25-24(31)16-7-9-17(20(11-16)32-3)23-27-21(30(2)29-23)12-15-8-10-19-18(13-26-28-19)22(15)14-5-6-14/h7-11,13-14H,4-6,12H2,1-3H3,(H,25,31)(H,26,28). The summed E-state index contributed by atoms with van der Waals surface area (Å²) < 4.78 is 7.38. The van der Waals surface area contributed by atoms with Gasteiger partial charge in [-0.2, -0.15) is 10.2 Å². The van der Waals surface area contributed by atoms with E-state index in [0.29, 0.717) is 36.0 Å². The van der Waals surface area contributed by atoms with E-state index in [1.165, 1.54) is 29.4 Å². The van der Waals surface area contributed by atoms with Gasteiger partial charge in [0.1, 0.15) is 11.6 Å². The van der Waals surface area contributed by atoms with E-state index in [-0.39, 0.29) is 5.91 Å². The van der Waals surface area contributed by atoms with Crippen LogP contribution in [0, 0.1) is 0 Å². The monoisotopic (exact) mass is 430 g/mol. The molecule has 2 aromatic carbocycles. The number of H-pyrrole nitrogens is 1. The maximum atomic E-state index is 12.2. The van der Waals surface area contributed by atoms with Crippen LogP contribution in [0.2, 0.25) is 0 Å². The van der Waals surface area contributed by atoms with Gasteiger partial charge in [0.2, 0.25) is 0 Å². The first-order valence-corrected chi connectivity index (χ1v) is 10.9. The van der Waals surface area contributed by atoms with Crippen molar-refractivity contribution < 1.29 is 9.53 Å². The van der Waals surface area contributed by atoms with E-state index in [4.69, 9.17) is 9.72 Å². The van der Waals surface area contributed by atoms with E-state index < -0.39 is 0 Å². The molecular weight excluding hydrogens is 404 g/mol. The molecule has 4 aromatic rings. The highest BCUT2D eigenvalue weighted by Crippen LogP contribution is 2.45. The summed E-state index contributed by atoms with van der Waals surface area (Å²) in [5.41, 5.74) is 5.03. The largest absolute Gasteiger partial charge is 0.496 e. The van der Waals surface area contributed by atoms with Crippen LogP contribution in [0.5, 0.6) is 5.75 Å². The highest BCUT2D eigenvalue weighted by molar-refractivity contribution is 5.95. The van der Waals surface area contributed by atoms with E-state index >= 15 is 0 Å². The predicted molar refractivity (Wildman–Crippen MR) is 122 cm³/mol. The molecule has 0 bridgehead atoms.